The molecule has 0 bridgehead atoms. The zero-order valence-electron chi connectivity index (χ0n) is 19.7. The molecule has 0 saturated heterocycles. The molecule has 0 saturated carbocycles. The second-order valence-electron chi connectivity index (χ2n) is 8.07. The number of rotatable bonds is 11. The molecule has 2 aromatic rings. The molecule has 0 radical (unpaired) electrons. The lowest BCUT2D eigenvalue weighted by Gasteiger charge is -2.29. The first kappa shape index (κ1) is 26.2. The summed E-state index contributed by atoms with van der Waals surface area (Å²) in [6, 6.07) is 11.6. The van der Waals surface area contributed by atoms with E-state index in [0.717, 1.165) is 5.56 Å². The Labute approximate surface area is 200 Å². The molecule has 2 amide bonds. The topological polar surface area (TPSA) is 84.9 Å². The van der Waals surface area contributed by atoms with Gasteiger partial charge in [0.25, 0.3) is 5.91 Å². The third kappa shape index (κ3) is 7.22. The molecule has 0 aliphatic rings. The third-order valence-corrected chi connectivity index (χ3v) is 5.53. The lowest BCUT2D eigenvalue weighted by atomic mass is 10.0. The zero-order chi connectivity index (χ0) is 24.5. The third-order valence-electron chi connectivity index (χ3n) is 5.29. The lowest BCUT2D eigenvalue weighted by molar-refractivity contribution is -0.148. The largest absolute Gasteiger partial charge is 0.493 e. The monoisotopic (exact) mass is 474 g/mol. The van der Waals surface area contributed by atoms with Crippen LogP contribution in [0.4, 0.5) is 0 Å². The van der Waals surface area contributed by atoms with Crippen molar-refractivity contribution in [3.63, 3.8) is 0 Å². The van der Waals surface area contributed by atoms with E-state index < -0.39 is 17.7 Å². The van der Waals surface area contributed by atoms with Crippen molar-refractivity contribution in [2.24, 2.45) is 5.92 Å². The Hall–Kier alpha value is -3.06. The molecule has 33 heavy (non-hydrogen) atoms. The maximum absolute atomic E-state index is 12.9. The maximum atomic E-state index is 12.9. The molecule has 7 nitrogen and oxygen atoms in total. The van der Waals surface area contributed by atoms with Crippen LogP contribution in [0.2, 0.25) is 5.02 Å². The quantitative estimate of drug-likeness (QED) is 0.505. The molecule has 0 aliphatic heterocycles. The number of halogens is 1. The zero-order valence-corrected chi connectivity index (χ0v) is 20.4. The van der Waals surface area contributed by atoms with Crippen LogP contribution in [-0.2, 0) is 27.2 Å². The van der Waals surface area contributed by atoms with Crippen LogP contribution in [-0.4, -0.2) is 56.4 Å². The molecular formula is C25H31ClN2O5. The van der Waals surface area contributed by atoms with E-state index in [0.29, 0.717) is 35.1 Å². The van der Waals surface area contributed by atoms with Crippen LogP contribution in [0.1, 0.15) is 25.0 Å². The molecule has 8 heteroatoms. The summed E-state index contributed by atoms with van der Waals surface area (Å²) in [4.78, 5) is 39.4. The van der Waals surface area contributed by atoms with Crippen molar-refractivity contribution in [1.29, 1.82) is 0 Å². The summed E-state index contributed by atoms with van der Waals surface area (Å²) in [6.45, 7) is 4.05. The van der Waals surface area contributed by atoms with Gasteiger partial charge in [-0.2, -0.15) is 0 Å². The van der Waals surface area contributed by atoms with Crippen LogP contribution in [0.25, 0.3) is 0 Å². The van der Waals surface area contributed by atoms with Gasteiger partial charge >= 0.3 is 0 Å². The average molecular weight is 475 g/mol. The molecule has 1 N–H and O–H groups in total. The first-order valence-corrected chi connectivity index (χ1v) is 11.1. The van der Waals surface area contributed by atoms with Crippen molar-refractivity contribution >= 4 is 29.2 Å². The van der Waals surface area contributed by atoms with E-state index in [4.69, 9.17) is 21.1 Å². The smallest absolute Gasteiger partial charge is 0.290 e. The Balaban J connectivity index is 1.99. The Kier molecular flexibility index (Phi) is 9.73. The van der Waals surface area contributed by atoms with Crippen molar-refractivity contribution in [1.82, 2.24) is 10.2 Å². The summed E-state index contributed by atoms with van der Waals surface area (Å²) in [5, 5.41) is 3.37. The summed E-state index contributed by atoms with van der Waals surface area (Å²) in [5.41, 5.74) is 1.62. The predicted octanol–water partition coefficient (Wildman–Crippen LogP) is 3.31. The molecule has 2 rings (SSSR count). The average Bonchev–Trinajstić information content (AvgIpc) is 2.78. The van der Waals surface area contributed by atoms with E-state index in [1.165, 1.54) is 11.9 Å². The fourth-order valence-corrected chi connectivity index (χ4v) is 3.84. The molecule has 178 valence electrons. The van der Waals surface area contributed by atoms with E-state index in [2.05, 4.69) is 5.32 Å². The first-order chi connectivity index (χ1) is 15.7. The van der Waals surface area contributed by atoms with Crippen LogP contribution in [0.5, 0.6) is 11.5 Å². The molecule has 0 spiro atoms. The number of benzene rings is 2. The molecular weight excluding hydrogens is 444 g/mol. The summed E-state index contributed by atoms with van der Waals surface area (Å²) >= 11 is 5.96. The van der Waals surface area contributed by atoms with E-state index in [1.54, 1.807) is 38.5 Å². The summed E-state index contributed by atoms with van der Waals surface area (Å²) in [6.07, 6.45) is 0.498. The number of amides is 2. The minimum Gasteiger partial charge on any atom is -0.493 e. The van der Waals surface area contributed by atoms with Gasteiger partial charge < -0.3 is 19.7 Å². The summed E-state index contributed by atoms with van der Waals surface area (Å²) < 4.78 is 10.5. The number of ketones is 1. The fourth-order valence-electron chi connectivity index (χ4n) is 3.63. The highest BCUT2D eigenvalue weighted by Crippen LogP contribution is 2.27. The Morgan fingerprint density at radius 2 is 1.70 bits per heavy atom. The van der Waals surface area contributed by atoms with Crippen molar-refractivity contribution in [3.05, 3.63) is 58.6 Å². The number of carbonyl (C=O) groups is 3. The van der Waals surface area contributed by atoms with Gasteiger partial charge in [-0.15, -0.1) is 0 Å². The van der Waals surface area contributed by atoms with Crippen LogP contribution in [0.15, 0.2) is 42.5 Å². The van der Waals surface area contributed by atoms with E-state index in [1.807, 2.05) is 32.0 Å². The number of nitrogens with one attached hydrogen (secondary N) is 1. The van der Waals surface area contributed by atoms with E-state index in [-0.39, 0.29) is 18.2 Å². The fraction of sp³-hybridized carbons (Fsp3) is 0.400. The van der Waals surface area contributed by atoms with Crippen molar-refractivity contribution < 1.29 is 23.9 Å². The number of nitrogens with zero attached hydrogens (tertiary/aromatic N) is 1. The molecule has 0 fully saturated rings. The number of carbonyl (C=O) groups excluding carboxylic acids is 3. The molecule has 0 heterocycles. The Morgan fingerprint density at radius 3 is 2.30 bits per heavy atom. The maximum Gasteiger partial charge on any atom is 0.290 e. The first-order valence-electron chi connectivity index (χ1n) is 10.7. The van der Waals surface area contributed by atoms with Gasteiger partial charge in [-0.3, -0.25) is 14.4 Å². The van der Waals surface area contributed by atoms with Crippen molar-refractivity contribution in [2.45, 2.75) is 32.7 Å². The van der Waals surface area contributed by atoms with Crippen LogP contribution < -0.4 is 14.8 Å². The number of hydrogen-bond acceptors (Lipinski definition) is 5. The van der Waals surface area contributed by atoms with Crippen LogP contribution in [0, 0.1) is 5.92 Å². The number of ether oxygens (including phenoxy) is 2. The summed E-state index contributed by atoms with van der Waals surface area (Å²) in [5.74, 6) is -0.541. The normalized spacial score (nSPS) is 11.6. The van der Waals surface area contributed by atoms with E-state index >= 15 is 0 Å². The van der Waals surface area contributed by atoms with Crippen LogP contribution >= 0.6 is 11.6 Å². The molecule has 1 atom stereocenters. The van der Waals surface area contributed by atoms with Gasteiger partial charge in [0.1, 0.15) is 6.04 Å². The highest BCUT2D eigenvalue weighted by atomic mass is 35.5. The number of methoxy groups -OCH3 is 2. The second-order valence-corrected chi connectivity index (χ2v) is 8.50. The van der Waals surface area contributed by atoms with Crippen molar-refractivity contribution in [3.8, 4) is 11.5 Å². The SMILES string of the molecule is COc1ccc(CCNC(=O)[C@H](C(C)C)N(C)C(=O)C(=O)Cc2cccc(Cl)c2)cc1OC. The van der Waals surface area contributed by atoms with Gasteiger partial charge in [0.15, 0.2) is 11.5 Å². The van der Waals surface area contributed by atoms with Crippen molar-refractivity contribution in [2.75, 3.05) is 27.8 Å². The second kappa shape index (κ2) is 12.3. The minimum absolute atomic E-state index is 0.0739. The number of likely N-dealkylation sites (N-methyl/N-ethyl adjacent to an activating group) is 1. The van der Waals surface area contributed by atoms with Gasteiger partial charge in [0.05, 0.1) is 14.2 Å². The van der Waals surface area contributed by atoms with Gasteiger partial charge in [-0.1, -0.05) is 43.6 Å². The molecule has 0 unspecified atom stereocenters. The van der Waals surface area contributed by atoms with E-state index in [9.17, 15) is 14.4 Å². The molecule has 0 aliphatic carbocycles. The van der Waals surface area contributed by atoms with Gasteiger partial charge in [0, 0.05) is 25.0 Å². The Bertz CT molecular complexity index is 993. The minimum atomic E-state index is -0.772. The van der Waals surface area contributed by atoms with Gasteiger partial charge in [-0.05, 0) is 47.7 Å². The van der Waals surface area contributed by atoms with Crippen LogP contribution in [0.3, 0.4) is 0 Å². The highest BCUT2D eigenvalue weighted by Gasteiger charge is 2.32. The van der Waals surface area contributed by atoms with Gasteiger partial charge in [0.2, 0.25) is 11.7 Å². The summed E-state index contributed by atoms with van der Waals surface area (Å²) in [7, 11) is 4.62. The highest BCUT2D eigenvalue weighted by molar-refractivity contribution is 6.37. The van der Waals surface area contributed by atoms with Gasteiger partial charge in [-0.25, -0.2) is 0 Å². The standard InChI is InChI=1S/C25H31ClN2O5/c1-16(2)23(28(3)25(31)20(29)14-18-7-6-8-19(26)13-18)24(30)27-12-11-17-9-10-21(32-4)22(15-17)33-5/h6-10,13,15-16,23H,11-12,14H2,1-5H3,(H,27,30)/t23-/m0/s1. The number of hydrogen-bond donors (Lipinski definition) is 1. The Morgan fingerprint density at radius 1 is 1.00 bits per heavy atom. The lowest BCUT2D eigenvalue weighted by Crippen LogP contribution is -2.52. The molecule has 2 aromatic carbocycles. The number of Topliss-reactive ketones (excluding diaryl/α,β-unsaturated/α-hetero) is 1. The predicted molar refractivity (Wildman–Crippen MR) is 128 cm³/mol. The molecule has 0 aromatic heterocycles.